The molecule has 5 nitrogen and oxygen atoms in total. The fraction of sp³-hybridized carbons (Fsp3) is 0.462. The normalized spacial score (nSPS) is 19.0. The van der Waals surface area contributed by atoms with Crippen molar-refractivity contribution in [3.05, 3.63) is 34.7 Å². The lowest BCUT2D eigenvalue weighted by atomic mass is 10.1. The minimum absolute atomic E-state index is 0.0662. The van der Waals surface area contributed by atoms with Crippen LogP contribution < -0.4 is 4.72 Å². The monoisotopic (exact) mass is 311 g/mol. The predicted molar refractivity (Wildman–Crippen MR) is 78.5 cm³/mol. The summed E-state index contributed by atoms with van der Waals surface area (Å²) in [4.78, 5) is 5.43. The van der Waals surface area contributed by atoms with E-state index in [9.17, 15) is 8.42 Å². The van der Waals surface area contributed by atoms with Crippen molar-refractivity contribution in [3.63, 3.8) is 0 Å². The van der Waals surface area contributed by atoms with Crippen LogP contribution in [0.2, 0.25) is 0 Å². The van der Waals surface area contributed by atoms with Gasteiger partial charge in [0.2, 0.25) is 10.0 Å². The number of nitrogens with one attached hydrogen (secondary N) is 1. The van der Waals surface area contributed by atoms with E-state index in [4.69, 9.17) is 0 Å². The van der Waals surface area contributed by atoms with Crippen molar-refractivity contribution in [1.82, 2.24) is 14.3 Å². The molecular weight excluding hydrogens is 294 g/mol. The van der Waals surface area contributed by atoms with Crippen molar-refractivity contribution in [3.8, 4) is 0 Å². The number of nitrogens with zero attached hydrogens (tertiary/aromatic N) is 2. The zero-order valence-corrected chi connectivity index (χ0v) is 13.1. The summed E-state index contributed by atoms with van der Waals surface area (Å²) in [7, 11) is -3.40. The molecule has 0 saturated carbocycles. The molecule has 1 aliphatic rings. The van der Waals surface area contributed by atoms with Gasteiger partial charge in [-0.1, -0.05) is 0 Å². The van der Waals surface area contributed by atoms with E-state index in [1.165, 1.54) is 11.3 Å². The maximum absolute atomic E-state index is 12.3. The van der Waals surface area contributed by atoms with Crippen LogP contribution in [-0.2, 0) is 23.0 Å². The van der Waals surface area contributed by atoms with Crippen molar-refractivity contribution in [2.24, 2.45) is 0 Å². The number of sulfonamides is 1. The van der Waals surface area contributed by atoms with E-state index < -0.39 is 10.0 Å². The SMILES string of the molecule is Cc1cn2c(n1)CC[C@@H](NS(=O)(=O)c1ccc(C)s1)C2. The zero-order chi connectivity index (χ0) is 14.3. The highest BCUT2D eigenvalue weighted by atomic mass is 32.2. The van der Waals surface area contributed by atoms with E-state index in [1.54, 1.807) is 6.07 Å². The minimum Gasteiger partial charge on any atom is -0.333 e. The first kappa shape index (κ1) is 13.8. The summed E-state index contributed by atoms with van der Waals surface area (Å²) >= 11 is 1.30. The molecule has 1 atom stereocenters. The molecule has 20 heavy (non-hydrogen) atoms. The molecule has 0 spiro atoms. The molecule has 0 amide bonds. The lowest BCUT2D eigenvalue weighted by molar-refractivity contribution is 0.421. The second kappa shape index (κ2) is 4.98. The second-order valence-electron chi connectivity index (χ2n) is 5.17. The molecule has 2 aromatic heterocycles. The lowest BCUT2D eigenvalue weighted by Gasteiger charge is -2.24. The summed E-state index contributed by atoms with van der Waals surface area (Å²) in [5, 5.41) is 0. The Balaban J connectivity index is 1.76. The van der Waals surface area contributed by atoms with Crippen LogP contribution in [0.5, 0.6) is 0 Å². The van der Waals surface area contributed by atoms with Gasteiger partial charge in [-0.2, -0.15) is 0 Å². The number of aromatic nitrogens is 2. The van der Waals surface area contributed by atoms with Gasteiger partial charge in [0.05, 0.1) is 5.69 Å². The zero-order valence-electron chi connectivity index (χ0n) is 11.5. The first-order chi connectivity index (χ1) is 9.44. The predicted octanol–water partition coefficient (Wildman–Crippen LogP) is 1.85. The fourth-order valence-electron chi connectivity index (χ4n) is 2.52. The van der Waals surface area contributed by atoms with Gasteiger partial charge in [-0.05, 0) is 32.4 Å². The molecule has 0 unspecified atom stereocenters. The number of aryl methyl sites for hydroxylation is 3. The topological polar surface area (TPSA) is 64.0 Å². The van der Waals surface area contributed by atoms with Crippen molar-refractivity contribution >= 4 is 21.4 Å². The Labute approximate surface area is 122 Å². The van der Waals surface area contributed by atoms with Crippen molar-refractivity contribution in [1.29, 1.82) is 0 Å². The van der Waals surface area contributed by atoms with Crippen LogP contribution in [0.25, 0.3) is 0 Å². The van der Waals surface area contributed by atoms with Gasteiger partial charge in [0.1, 0.15) is 10.0 Å². The van der Waals surface area contributed by atoms with E-state index in [2.05, 4.69) is 9.71 Å². The molecule has 7 heteroatoms. The average Bonchev–Trinajstić information content (AvgIpc) is 2.93. The van der Waals surface area contributed by atoms with Crippen LogP contribution in [0.1, 0.15) is 22.8 Å². The molecule has 0 saturated heterocycles. The second-order valence-corrected chi connectivity index (χ2v) is 8.40. The van der Waals surface area contributed by atoms with Crippen molar-refractivity contribution < 1.29 is 8.42 Å². The molecule has 108 valence electrons. The first-order valence-corrected chi connectivity index (χ1v) is 8.85. The van der Waals surface area contributed by atoms with Crippen molar-refractivity contribution in [2.75, 3.05) is 0 Å². The van der Waals surface area contributed by atoms with Gasteiger partial charge in [-0.25, -0.2) is 18.1 Å². The molecule has 0 radical (unpaired) electrons. The largest absolute Gasteiger partial charge is 0.333 e. The van der Waals surface area contributed by atoms with Crippen LogP contribution in [-0.4, -0.2) is 24.0 Å². The number of thiophene rings is 1. The molecule has 0 bridgehead atoms. The van der Waals surface area contributed by atoms with Crippen LogP contribution in [0.15, 0.2) is 22.5 Å². The molecule has 0 fully saturated rings. The Morgan fingerprint density at radius 2 is 2.20 bits per heavy atom. The Bertz CT molecular complexity index is 731. The van der Waals surface area contributed by atoms with Crippen LogP contribution in [0, 0.1) is 13.8 Å². The summed E-state index contributed by atoms with van der Waals surface area (Å²) in [5.41, 5.74) is 0.984. The molecule has 3 rings (SSSR count). The van der Waals surface area contributed by atoms with E-state index >= 15 is 0 Å². The number of fused-ring (bicyclic) bond motifs is 1. The standard InChI is InChI=1S/C13H17N3O2S2/c1-9-7-16-8-11(4-5-12(16)14-9)15-20(17,18)13-6-3-10(2)19-13/h3,6-7,11,15H,4-5,8H2,1-2H3/t11-/m1/s1. The van der Waals surface area contributed by atoms with Crippen LogP contribution in [0.3, 0.4) is 0 Å². The maximum Gasteiger partial charge on any atom is 0.250 e. The molecule has 2 aromatic rings. The average molecular weight is 311 g/mol. The molecule has 0 aliphatic carbocycles. The molecule has 0 aromatic carbocycles. The van der Waals surface area contributed by atoms with Gasteiger partial charge in [0.25, 0.3) is 0 Å². The Kier molecular flexibility index (Phi) is 3.43. The van der Waals surface area contributed by atoms with Gasteiger partial charge in [0.15, 0.2) is 0 Å². The Morgan fingerprint density at radius 3 is 2.90 bits per heavy atom. The number of hydrogen-bond acceptors (Lipinski definition) is 4. The molecule has 1 aliphatic heterocycles. The van der Waals surface area contributed by atoms with Crippen molar-refractivity contribution in [2.45, 2.75) is 43.5 Å². The Morgan fingerprint density at radius 1 is 1.40 bits per heavy atom. The van der Waals surface area contributed by atoms with E-state index in [0.717, 1.165) is 29.2 Å². The van der Waals surface area contributed by atoms with Gasteiger partial charge in [-0.15, -0.1) is 11.3 Å². The highest BCUT2D eigenvalue weighted by molar-refractivity contribution is 7.91. The third-order valence-corrected chi connectivity index (χ3v) is 6.43. The van der Waals surface area contributed by atoms with Gasteiger partial charge in [0, 0.05) is 30.1 Å². The Hall–Kier alpha value is -1.18. The summed E-state index contributed by atoms with van der Waals surface area (Å²) in [6.45, 7) is 4.52. The molecular formula is C13H17N3O2S2. The van der Waals surface area contributed by atoms with E-state index in [-0.39, 0.29) is 6.04 Å². The summed E-state index contributed by atoms with van der Waals surface area (Å²) in [6.07, 6.45) is 3.58. The number of rotatable bonds is 3. The quantitative estimate of drug-likeness (QED) is 0.941. The fourth-order valence-corrected chi connectivity index (χ4v) is 5.08. The number of hydrogen-bond donors (Lipinski definition) is 1. The third-order valence-electron chi connectivity index (χ3n) is 3.42. The minimum atomic E-state index is -3.40. The van der Waals surface area contributed by atoms with E-state index in [0.29, 0.717) is 10.8 Å². The smallest absolute Gasteiger partial charge is 0.250 e. The van der Waals surface area contributed by atoms with E-state index in [1.807, 2.05) is 30.7 Å². The van der Waals surface area contributed by atoms with Gasteiger partial charge < -0.3 is 4.57 Å². The molecule has 3 heterocycles. The molecule has 1 N–H and O–H groups in total. The van der Waals surface area contributed by atoms with Crippen LogP contribution in [0.4, 0.5) is 0 Å². The number of imidazole rings is 1. The van der Waals surface area contributed by atoms with Gasteiger partial charge in [-0.3, -0.25) is 0 Å². The maximum atomic E-state index is 12.3. The lowest BCUT2D eigenvalue weighted by Crippen LogP contribution is -2.40. The first-order valence-electron chi connectivity index (χ1n) is 6.55. The van der Waals surface area contributed by atoms with Gasteiger partial charge >= 0.3 is 0 Å². The third kappa shape index (κ3) is 2.65. The van der Waals surface area contributed by atoms with Crippen LogP contribution >= 0.6 is 11.3 Å². The summed E-state index contributed by atoms with van der Waals surface area (Å²) in [6, 6.07) is 3.43. The summed E-state index contributed by atoms with van der Waals surface area (Å²) < 4.78 is 29.9. The highest BCUT2D eigenvalue weighted by Crippen LogP contribution is 2.22. The summed E-state index contributed by atoms with van der Waals surface area (Å²) in [5.74, 6) is 1.05. The highest BCUT2D eigenvalue weighted by Gasteiger charge is 2.25.